The van der Waals surface area contributed by atoms with Crippen LogP contribution in [0.25, 0.3) is 0 Å². The fraction of sp³-hybridized carbons (Fsp3) is 0.222. The summed E-state index contributed by atoms with van der Waals surface area (Å²) in [6, 6.07) is 5.81. The first-order valence-corrected chi connectivity index (χ1v) is 4.14. The number of nitrogens with two attached hydrogens (primary N) is 1. The summed E-state index contributed by atoms with van der Waals surface area (Å²) in [5, 5.41) is 3.64. The van der Waals surface area contributed by atoms with E-state index >= 15 is 0 Å². The molecule has 2 heterocycles. The summed E-state index contributed by atoms with van der Waals surface area (Å²) in [5.41, 5.74) is 6.65. The van der Waals surface area contributed by atoms with E-state index in [9.17, 15) is 0 Å². The van der Waals surface area contributed by atoms with Gasteiger partial charge in [0.1, 0.15) is 0 Å². The van der Waals surface area contributed by atoms with Crippen molar-refractivity contribution in [1.82, 2.24) is 9.72 Å². The highest BCUT2D eigenvalue weighted by Gasteiger charge is 2.01. The molecule has 0 fully saturated rings. The van der Waals surface area contributed by atoms with Crippen LogP contribution in [0.4, 0.5) is 0 Å². The molecule has 4 heteroatoms. The van der Waals surface area contributed by atoms with E-state index in [2.05, 4.69) is 5.16 Å². The predicted octanol–water partition coefficient (Wildman–Crippen LogP) is 0.983. The topological polar surface area (TPSA) is 57.0 Å². The molecular formula is C9H11N3O. The molecule has 0 saturated heterocycles. The molecule has 0 saturated carbocycles. The van der Waals surface area contributed by atoms with Gasteiger partial charge in [0.25, 0.3) is 0 Å². The van der Waals surface area contributed by atoms with E-state index in [1.807, 2.05) is 29.0 Å². The first-order chi connectivity index (χ1) is 6.40. The van der Waals surface area contributed by atoms with Gasteiger partial charge >= 0.3 is 0 Å². The van der Waals surface area contributed by atoms with Crippen LogP contribution in [0.3, 0.4) is 0 Å². The molecule has 13 heavy (non-hydrogen) atoms. The Kier molecular flexibility index (Phi) is 2.14. The molecule has 0 amide bonds. The van der Waals surface area contributed by atoms with Gasteiger partial charge in [0, 0.05) is 24.5 Å². The van der Waals surface area contributed by atoms with E-state index in [1.54, 1.807) is 6.20 Å². The van der Waals surface area contributed by atoms with Crippen LogP contribution in [-0.2, 0) is 13.1 Å². The van der Waals surface area contributed by atoms with E-state index in [1.165, 1.54) is 0 Å². The van der Waals surface area contributed by atoms with E-state index in [0.717, 1.165) is 11.5 Å². The van der Waals surface area contributed by atoms with Crippen molar-refractivity contribution in [2.45, 2.75) is 13.1 Å². The Morgan fingerprint density at radius 3 is 3.08 bits per heavy atom. The van der Waals surface area contributed by atoms with Crippen LogP contribution in [-0.4, -0.2) is 9.72 Å². The zero-order chi connectivity index (χ0) is 9.10. The molecule has 0 bridgehead atoms. The number of nitrogens with zero attached hydrogens (tertiary/aromatic N) is 2. The lowest BCUT2D eigenvalue weighted by atomic mass is 10.4. The average Bonchev–Trinajstić information content (AvgIpc) is 2.76. The summed E-state index contributed by atoms with van der Waals surface area (Å²) >= 11 is 0. The lowest BCUT2D eigenvalue weighted by Crippen LogP contribution is -2.06. The van der Waals surface area contributed by atoms with Crippen LogP contribution in [0.1, 0.15) is 11.5 Å². The van der Waals surface area contributed by atoms with Crippen molar-refractivity contribution in [3.8, 4) is 0 Å². The Labute approximate surface area is 75.9 Å². The normalized spacial score (nSPS) is 10.5. The molecule has 4 nitrogen and oxygen atoms in total. The summed E-state index contributed by atoms with van der Waals surface area (Å²) in [7, 11) is 0. The summed E-state index contributed by atoms with van der Waals surface area (Å²) in [5.74, 6) is 0.839. The lowest BCUT2D eigenvalue weighted by molar-refractivity contribution is 0.375. The maximum absolute atomic E-state index is 5.56. The van der Waals surface area contributed by atoms with Gasteiger partial charge in [0.05, 0.1) is 12.7 Å². The zero-order valence-corrected chi connectivity index (χ0v) is 7.18. The van der Waals surface area contributed by atoms with E-state index in [-0.39, 0.29) is 0 Å². The maximum Gasteiger partial charge on any atom is 0.156 e. The standard InChI is InChI=1S/C9H11N3O/c10-6-8-2-1-5-12(8)7-9-3-4-11-13-9/h1-5H,6-7,10H2. The summed E-state index contributed by atoms with van der Waals surface area (Å²) in [6.07, 6.45) is 3.62. The van der Waals surface area contributed by atoms with Crippen molar-refractivity contribution in [1.29, 1.82) is 0 Å². The van der Waals surface area contributed by atoms with Crippen molar-refractivity contribution >= 4 is 0 Å². The van der Waals surface area contributed by atoms with Crippen molar-refractivity contribution < 1.29 is 4.52 Å². The third-order valence-electron chi connectivity index (χ3n) is 1.95. The highest BCUT2D eigenvalue weighted by Crippen LogP contribution is 2.06. The molecule has 68 valence electrons. The molecule has 0 unspecified atom stereocenters. The Bertz CT molecular complexity index is 364. The summed E-state index contributed by atoms with van der Waals surface area (Å²) < 4.78 is 7.04. The minimum Gasteiger partial charge on any atom is -0.359 e. The molecule has 2 N–H and O–H groups in total. The monoisotopic (exact) mass is 177 g/mol. The largest absolute Gasteiger partial charge is 0.359 e. The molecule has 2 rings (SSSR count). The third-order valence-corrected chi connectivity index (χ3v) is 1.95. The minimum atomic E-state index is 0.543. The summed E-state index contributed by atoms with van der Waals surface area (Å²) in [4.78, 5) is 0. The van der Waals surface area contributed by atoms with Crippen LogP contribution < -0.4 is 5.73 Å². The number of rotatable bonds is 3. The molecule has 2 aromatic rings. The Balaban J connectivity index is 2.18. The van der Waals surface area contributed by atoms with Crippen LogP contribution in [0.5, 0.6) is 0 Å². The quantitative estimate of drug-likeness (QED) is 0.760. The third kappa shape index (κ3) is 1.62. The minimum absolute atomic E-state index is 0.543. The van der Waals surface area contributed by atoms with Crippen molar-refractivity contribution in [2.75, 3.05) is 0 Å². The number of aromatic nitrogens is 2. The van der Waals surface area contributed by atoms with Crippen molar-refractivity contribution in [2.24, 2.45) is 5.73 Å². The van der Waals surface area contributed by atoms with E-state index < -0.39 is 0 Å². The van der Waals surface area contributed by atoms with Gasteiger partial charge in [-0.15, -0.1) is 0 Å². The second-order valence-corrected chi connectivity index (χ2v) is 2.81. The fourth-order valence-corrected chi connectivity index (χ4v) is 1.28. The molecular weight excluding hydrogens is 166 g/mol. The molecule has 0 atom stereocenters. The highest BCUT2D eigenvalue weighted by atomic mass is 16.5. The van der Waals surface area contributed by atoms with Gasteiger partial charge in [-0.2, -0.15) is 0 Å². The molecule has 0 aliphatic carbocycles. The van der Waals surface area contributed by atoms with Crippen LogP contribution in [0.15, 0.2) is 35.1 Å². The SMILES string of the molecule is NCc1cccn1Cc1ccno1. The van der Waals surface area contributed by atoms with Crippen LogP contribution in [0, 0.1) is 0 Å². The van der Waals surface area contributed by atoms with Gasteiger partial charge < -0.3 is 14.8 Å². The van der Waals surface area contributed by atoms with Gasteiger partial charge in [0.2, 0.25) is 0 Å². The first-order valence-electron chi connectivity index (χ1n) is 4.14. The predicted molar refractivity (Wildman–Crippen MR) is 47.9 cm³/mol. The maximum atomic E-state index is 5.56. The number of hydrogen-bond acceptors (Lipinski definition) is 3. The molecule has 0 aromatic carbocycles. The molecule has 2 aromatic heterocycles. The van der Waals surface area contributed by atoms with Crippen LogP contribution in [0.2, 0.25) is 0 Å². The zero-order valence-electron chi connectivity index (χ0n) is 7.18. The van der Waals surface area contributed by atoms with E-state index in [4.69, 9.17) is 10.3 Å². The second-order valence-electron chi connectivity index (χ2n) is 2.81. The highest BCUT2D eigenvalue weighted by molar-refractivity contribution is 5.09. The van der Waals surface area contributed by atoms with Gasteiger partial charge in [0.15, 0.2) is 5.76 Å². The smallest absolute Gasteiger partial charge is 0.156 e. The molecule has 0 radical (unpaired) electrons. The summed E-state index contributed by atoms with van der Waals surface area (Å²) in [6.45, 7) is 1.24. The molecule has 0 spiro atoms. The van der Waals surface area contributed by atoms with Gasteiger partial charge in [-0.25, -0.2) is 0 Å². The fourth-order valence-electron chi connectivity index (χ4n) is 1.28. The van der Waals surface area contributed by atoms with Gasteiger partial charge in [-0.1, -0.05) is 5.16 Å². The average molecular weight is 177 g/mol. The van der Waals surface area contributed by atoms with Gasteiger partial charge in [-0.05, 0) is 12.1 Å². The second kappa shape index (κ2) is 3.45. The van der Waals surface area contributed by atoms with Crippen LogP contribution >= 0.6 is 0 Å². The Hall–Kier alpha value is -1.55. The number of hydrogen-bond donors (Lipinski definition) is 1. The van der Waals surface area contributed by atoms with Gasteiger partial charge in [-0.3, -0.25) is 0 Å². The Morgan fingerprint density at radius 2 is 2.38 bits per heavy atom. The molecule has 0 aliphatic heterocycles. The first kappa shape index (κ1) is 8.07. The lowest BCUT2D eigenvalue weighted by Gasteiger charge is -2.03. The van der Waals surface area contributed by atoms with Crippen molar-refractivity contribution in [3.63, 3.8) is 0 Å². The molecule has 0 aliphatic rings. The Morgan fingerprint density at radius 1 is 1.46 bits per heavy atom. The van der Waals surface area contributed by atoms with Crippen molar-refractivity contribution in [3.05, 3.63) is 42.0 Å². The van der Waals surface area contributed by atoms with E-state index in [0.29, 0.717) is 13.1 Å².